The molecule has 116 valence electrons. The molecule has 0 saturated carbocycles. The third-order valence-corrected chi connectivity index (χ3v) is 3.61. The van der Waals surface area contributed by atoms with Crippen LogP contribution in [0, 0.1) is 0 Å². The molecule has 1 aromatic rings. The Labute approximate surface area is 135 Å². The van der Waals surface area contributed by atoms with Gasteiger partial charge in [0.15, 0.2) is 0 Å². The summed E-state index contributed by atoms with van der Waals surface area (Å²) in [6.45, 7) is 3.78. The van der Waals surface area contributed by atoms with Crippen LogP contribution in [0.1, 0.15) is 17.3 Å². The fourth-order valence-corrected chi connectivity index (χ4v) is 2.32. The van der Waals surface area contributed by atoms with Crippen molar-refractivity contribution in [3.63, 3.8) is 0 Å². The summed E-state index contributed by atoms with van der Waals surface area (Å²) < 4.78 is 0. The minimum Gasteiger partial charge on any atom is -0.338 e. The molecular weight excluding hydrogens is 313 g/mol. The smallest absolute Gasteiger partial charge is 0.253 e. The molecule has 2 rings (SSSR count). The number of carbonyl (C=O) groups is 2. The second-order valence-electron chi connectivity index (χ2n) is 4.91. The standard InChI is InChI=1S/C14H18ClN3O2.ClH/c1-10(16)13(19)17-6-8-18(9-7-17)14(20)11-2-4-12(15)5-3-11;/h2-5,10H,6-9,16H2,1H3;1H. The lowest BCUT2D eigenvalue weighted by Crippen LogP contribution is -2.53. The van der Waals surface area contributed by atoms with Crippen molar-refractivity contribution in [2.75, 3.05) is 26.2 Å². The molecule has 1 aliphatic rings. The first-order chi connectivity index (χ1) is 9.49. The van der Waals surface area contributed by atoms with Gasteiger partial charge >= 0.3 is 0 Å². The number of hydrogen-bond donors (Lipinski definition) is 1. The molecule has 1 aromatic carbocycles. The van der Waals surface area contributed by atoms with E-state index in [1.807, 2.05) is 0 Å². The predicted octanol–water partition coefficient (Wildman–Crippen LogP) is 1.39. The van der Waals surface area contributed by atoms with Gasteiger partial charge in [0, 0.05) is 36.8 Å². The first kappa shape index (κ1) is 17.8. The minimum absolute atomic E-state index is 0. The van der Waals surface area contributed by atoms with Crippen LogP contribution >= 0.6 is 24.0 Å². The molecule has 1 heterocycles. The van der Waals surface area contributed by atoms with E-state index in [0.717, 1.165) is 0 Å². The normalized spacial score (nSPS) is 16.1. The van der Waals surface area contributed by atoms with Crippen LogP contribution in [0.3, 0.4) is 0 Å². The first-order valence-corrected chi connectivity index (χ1v) is 6.96. The van der Waals surface area contributed by atoms with Crippen LogP contribution in [-0.4, -0.2) is 53.8 Å². The van der Waals surface area contributed by atoms with Gasteiger partial charge in [-0.25, -0.2) is 0 Å². The van der Waals surface area contributed by atoms with Crippen LogP contribution in [-0.2, 0) is 4.79 Å². The number of halogens is 2. The highest BCUT2D eigenvalue weighted by Gasteiger charge is 2.25. The maximum absolute atomic E-state index is 12.3. The largest absolute Gasteiger partial charge is 0.338 e. The van der Waals surface area contributed by atoms with E-state index in [1.165, 1.54) is 0 Å². The lowest BCUT2D eigenvalue weighted by Gasteiger charge is -2.35. The molecule has 0 aliphatic carbocycles. The Morgan fingerprint density at radius 3 is 2.05 bits per heavy atom. The number of nitrogens with two attached hydrogens (primary N) is 1. The summed E-state index contributed by atoms with van der Waals surface area (Å²) in [7, 11) is 0. The van der Waals surface area contributed by atoms with Crippen molar-refractivity contribution >= 4 is 35.8 Å². The number of carbonyl (C=O) groups excluding carboxylic acids is 2. The van der Waals surface area contributed by atoms with Gasteiger partial charge in [0.1, 0.15) is 0 Å². The molecule has 5 nitrogen and oxygen atoms in total. The molecule has 0 spiro atoms. The third-order valence-electron chi connectivity index (χ3n) is 3.36. The van der Waals surface area contributed by atoms with Crippen molar-refractivity contribution in [3.05, 3.63) is 34.9 Å². The summed E-state index contributed by atoms with van der Waals surface area (Å²) in [6, 6.07) is 6.33. The van der Waals surface area contributed by atoms with Crippen molar-refractivity contribution in [2.24, 2.45) is 5.73 Å². The molecule has 1 atom stereocenters. The number of nitrogens with zero attached hydrogens (tertiary/aromatic N) is 2. The van der Waals surface area contributed by atoms with Crippen molar-refractivity contribution in [1.82, 2.24) is 9.80 Å². The predicted molar refractivity (Wildman–Crippen MR) is 84.8 cm³/mol. The maximum atomic E-state index is 12.3. The number of rotatable bonds is 2. The van der Waals surface area contributed by atoms with Gasteiger partial charge in [-0.2, -0.15) is 0 Å². The van der Waals surface area contributed by atoms with Gasteiger partial charge in [0.05, 0.1) is 6.04 Å². The zero-order chi connectivity index (χ0) is 14.7. The highest BCUT2D eigenvalue weighted by atomic mass is 35.5. The van der Waals surface area contributed by atoms with E-state index in [9.17, 15) is 9.59 Å². The van der Waals surface area contributed by atoms with Gasteiger partial charge in [-0.05, 0) is 31.2 Å². The molecule has 2 amide bonds. The number of benzene rings is 1. The van der Waals surface area contributed by atoms with Crippen molar-refractivity contribution in [3.8, 4) is 0 Å². The monoisotopic (exact) mass is 331 g/mol. The highest BCUT2D eigenvalue weighted by molar-refractivity contribution is 6.30. The van der Waals surface area contributed by atoms with Gasteiger partial charge in [0.25, 0.3) is 5.91 Å². The van der Waals surface area contributed by atoms with Crippen molar-refractivity contribution in [1.29, 1.82) is 0 Å². The number of amides is 2. The Morgan fingerprint density at radius 2 is 1.57 bits per heavy atom. The Hall–Kier alpha value is -1.30. The fourth-order valence-electron chi connectivity index (χ4n) is 2.19. The van der Waals surface area contributed by atoms with E-state index >= 15 is 0 Å². The van der Waals surface area contributed by atoms with Gasteiger partial charge in [-0.15, -0.1) is 12.4 Å². The second-order valence-corrected chi connectivity index (χ2v) is 5.35. The van der Waals surface area contributed by atoms with Crippen LogP contribution in [0.15, 0.2) is 24.3 Å². The van der Waals surface area contributed by atoms with E-state index < -0.39 is 6.04 Å². The summed E-state index contributed by atoms with van der Waals surface area (Å²) in [5.41, 5.74) is 6.19. The Balaban J connectivity index is 0.00000220. The summed E-state index contributed by atoms with van der Waals surface area (Å²) in [4.78, 5) is 27.5. The fraction of sp³-hybridized carbons (Fsp3) is 0.429. The Kier molecular flexibility index (Phi) is 6.45. The first-order valence-electron chi connectivity index (χ1n) is 6.58. The van der Waals surface area contributed by atoms with E-state index in [1.54, 1.807) is 41.0 Å². The van der Waals surface area contributed by atoms with Crippen molar-refractivity contribution in [2.45, 2.75) is 13.0 Å². The molecule has 21 heavy (non-hydrogen) atoms. The Morgan fingerprint density at radius 1 is 1.10 bits per heavy atom. The molecule has 0 radical (unpaired) electrons. The van der Waals surface area contributed by atoms with Gasteiger partial charge < -0.3 is 15.5 Å². The Bertz CT molecular complexity index is 497. The lowest BCUT2D eigenvalue weighted by molar-refractivity contribution is -0.133. The van der Waals surface area contributed by atoms with E-state index in [-0.39, 0.29) is 24.2 Å². The lowest BCUT2D eigenvalue weighted by atomic mass is 10.1. The zero-order valence-electron chi connectivity index (χ0n) is 11.8. The quantitative estimate of drug-likeness (QED) is 0.890. The SMILES string of the molecule is CC(N)C(=O)N1CCN(C(=O)c2ccc(Cl)cc2)CC1.Cl. The molecular formula is C14H19Cl2N3O2. The molecule has 1 aliphatic heterocycles. The zero-order valence-corrected chi connectivity index (χ0v) is 13.4. The number of hydrogen-bond acceptors (Lipinski definition) is 3. The molecule has 0 bridgehead atoms. The maximum Gasteiger partial charge on any atom is 0.253 e. The molecule has 1 fully saturated rings. The summed E-state index contributed by atoms with van der Waals surface area (Å²) in [6.07, 6.45) is 0. The van der Waals surface area contributed by atoms with E-state index in [4.69, 9.17) is 17.3 Å². The van der Waals surface area contributed by atoms with Crippen LogP contribution in [0.25, 0.3) is 0 Å². The average Bonchev–Trinajstić information content (AvgIpc) is 2.46. The molecule has 1 unspecified atom stereocenters. The van der Waals surface area contributed by atoms with Gasteiger partial charge in [-0.1, -0.05) is 11.6 Å². The average molecular weight is 332 g/mol. The second kappa shape index (κ2) is 7.64. The summed E-state index contributed by atoms with van der Waals surface area (Å²) in [5.74, 6) is -0.0989. The number of piperazine rings is 1. The topological polar surface area (TPSA) is 66.6 Å². The van der Waals surface area contributed by atoms with Crippen LogP contribution < -0.4 is 5.73 Å². The van der Waals surface area contributed by atoms with Crippen LogP contribution in [0.4, 0.5) is 0 Å². The van der Waals surface area contributed by atoms with E-state index in [2.05, 4.69) is 0 Å². The highest BCUT2D eigenvalue weighted by Crippen LogP contribution is 2.13. The van der Waals surface area contributed by atoms with Crippen LogP contribution in [0.2, 0.25) is 5.02 Å². The third kappa shape index (κ3) is 4.33. The van der Waals surface area contributed by atoms with Gasteiger partial charge in [-0.3, -0.25) is 9.59 Å². The van der Waals surface area contributed by atoms with E-state index in [0.29, 0.717) is 36.8 Å². The van der Waals surface area contributed by atoms with Gasteiger partial charge in [0.2, 0.25) is 5.91 Å². The van der Waals surface area contributed by atoms with Crippen LogP contribution in [0.5, 0.6) is 0 Å². The minimum atomic E-state index is -0.492. The summed E-state index contributed by atoms with van der Waals surface area (Å²) in [5, 5.41) is 0.605. The molecule has 2 N–H and O–H groups in total. The molecule has 0 aromatic heterocycles. The van der Waals surface area contributed by atoms with Crippen molar-refractivity contribution < 1.29 is 9.59 Å². The summed E-state index contributed by atoms with van der Waals surface area (Å²) >= 11 is 5.80. The molecule has 7 heteroatoms. The molecule has 1 saturated heterocycles.